The first kappa shape index (κ1) is 13.5. The van der Waals surface area contributed by atoms with Gasteiger partial charge in [-0.3, -0.25) is 4.79 Å². The van der Waals surface area contributed by atoms with Crippen LogP contribution in [0.1, 0.15) is 19.8 Å². The topological polar surface area (TPSA) is 49.4 Å². The molecule has 0 spiro atoms. The summed E-state index contributed by atoms with van der Waals surface area (Å²) in [4.78, 5) is 25.2. The average Bonchev–Trinajstić information content (AvgIpc) is 2.39. The van der Waals surface area contributed by atoms with Gasteiger partial charge in [0.05, 0.1) is 0 Å². The molecule has 0 aromatic heterocycles. The summed E-state index contributed by atoms with van der Waals surface area (Å²) < 4.78 is 13.0. The zero-order valence-corrected chi connectivity index (χ0v) is 10.9. The van der Waals surface area contributed by atoms with Crippen molar-refractivity contribution >= 4 is 17.5 Å². The van der Waals surface area contributed by atoms with Crippen LogP contribution in [0.2, 0.25) is 0 Å². The molecule has 0 bridgehead atoms. The number of urea groups is 1. The average molecular weight is 264 g/mol. The predicted octanol–water partition coefficient (Wildman–Crippen LogP) is 2.66. The molecule has 0 aliphatic carbocycles. The lowest BCUT2D eigenvalue weighted by Crippen LogP contribution is -2.45. The molecule has 1 saturated heterocycles. The fourth-order valence-corrected chi connectivity index (χ4v) is 2.22. The second kappa shape index (κ2) is 5.82. The smallest absolute Gasteiger partial charge is 0.321 e. The molecule has 0 saturated carbocycles. The van der Waals surface area contributed by atoms with E-state index in [0.717, 1.165) is 6.42 Å². The third kappa shape index (κ3) is 3.30. The van der Waals surface area contributed by atoms with Gasteiger partial charge in [-0.25, -0.2) is 9.18 Å². The number of hydrogen-bond acceptors (Lipinski definition) is 2. The number of likely N-dealkylation sites (tertiary alicyclic amines) is 1. The van der Waals surface area contributed by atoms with Gasteiger partial charge in [-0.1, -0.05) is 13.0 Å². The Labute approximate surface area is 111 Å². The first-order valence-corrected chi connectivity index (χ1v) is 6.44. The Morgan fingerprint density at radius 2 is 2.32 bits per heavy atom. The Balaban J connectivity index is 1.98. The maximum Gasteiger partial charge on any atom is 0.321 e. The van der Waals surface area contributed by atoms with Gasteiger partial charge in [-0.05, 0) is 24.6 Å². The zero-order chi connectivity index (χ0) is 13.8. The number of hydrogen-bond donors (Lipinski definition) is 1. The number of benzene rings is 1. The van der Waals surface area contributed by atoms with Crippen molar-refractivity contribution in [3.8, 4) is 0 Å². The van der Waals surface area contributed by atoms with E-state index in [1.165, 1.54) is 12.1 Å². The number of piperidine rings is 1. The molecule has 1 aromatic carbocycles. The van der Waals surface area contributed by atoms with Crippen LogP contribution in [0.25, 0.3) is 0 Å². The fourth-order valence-electron chi connectivity index (χ4n) is 2.22. The van der Waals surface area contributed by atoms with Gasteiger partial charge in [-0.2, -0.15) is 0 Å². The zero-order valence-electron chi connectivity index (χ0n) is 10.9. The largest absolute Gasteiger partial charge is 0.323 e. The van der Waals surface area contributed by atoms with E-state index in [1.807, 2.05) is 6.92 Å². The summed E-state index contributed by atoms with van der Waals surface area (Å²) in [6.07, 6.45) is 1.14. The third-order valence-electron chi connectivity index (χ3n) is 3.38. The summed E-state index contributed by atoms with van der Waals surface area (Å²) in [7, 11) is 0. The van der Waals surface area contributed by atoms with E-state index in [0.29, 0.717) is 25.2 Å². The highest BCUT2D eigenvalue weighted by Crippen LogP contribution is 2.17. The second-order valence-electron chi connectivity index (χ2n) is 4.71. The summed E-state index contributed by atoms with van der Waals surface area (Å²) in [5.74, 6) is -0.248. The van der Waals surface area contributed by atoms with Crippen molar-refractivity contribution in [1.29, 1.82) is 0 Å². The molecule has 1 aromatic rings. The van der Waals surface area contributed by atoms with Crippen LogP contribution >= 0.6 is 0 Å². The molecule has 1 N–H and O–H groups in total. The number of carbonyl (C=O) groups excluding carboxylic acids is 2. The van der Waals surface area contributed by atoms with Gasteiger partial charge in [0.1, 0.15) is 11.6 Å². The van der Waals surface area contributed by atoms with Crippen molar-refractivity contribution in [2.45, 2.75) is 19.8 Å². The van der Waals surface area contributed by atoms with Crippen molar-refractivity contribution in [2.24, 2.45) is 5.92 Å². The molecule has 0 radical (unpaired) electrons. The number of nitrogens with one attached hydrogen (secondary N) is 1. The van der Waals surface area contributed by atoms with Gasteiger partial charge in [0.2, 0.25) is 0 Å². The van der Waals surface area contributed by atoms with Gasteiger partial charge < -0.3 is 10.2 Å². The number of anilines is 1. The van der Waals surface area contributed by atoms with Crippen LogP contribution in [0, 0.1) is 11.7 Å². The molecule has 4 nitrogen and oxygen atoms in total. The lowest BCUT2D eigenvalue weighted by atomic mass is 9.94. The van der Waals surface area contributed by atoms with Crippen LogP contribution in [0.5, 0.6) is 0 Å². The lowest BCUT2D eigenvalue weighted by molar-refractivity contribution is -0.125. The first-order valence-electron chi connectivity index (χ1n) is 6.44. The van der Waals surface area contributed by atoms with E-state index in [2.05, 4.69) is 5.32 Å². The summed E-state index contributed by atoms with van der Waals surface area (Å²) in [6, 6.07) is 5.48. The highest BCUT2D eigenvalue weighted by Gasteiger charge is 2.28. The van der Waals surface area contributed by atoms with Gasteiger partial charge in [-0.15, -0.1) is 0 Å². The Morgan fingerprint density at radius 3 is 3.00 bits per heavy atom. The molecule has 1 heterocycles. The molecule has 1 fully saturated rings. The quantitative estimate of drug-likeness (QED) is 0.892. The van der Waals surface area contributed by atoms with Gasteiger partial charge in [0.25, 0.3) is 0 Å². The molecule has 102 valence electrons. The van der Waals surface area contributed by atoms with E-state index in [4.69, 9.17) is 0 Å². The van der Waals surface area contributed by atoms with E-state index < -0.39 is 5.82 Å². The van der Waals surface area contributed by atoms with E-state index >= 15 is 0 Å². The van der Waals surface area contributed by atoms with Crippen molar-refractivity contribution in [3.05, 3.63) is 30.1 Å². The van der Waals surface area contributed by atoms with Gasteiger partial charge in [0, 0.05) is 31.1 Å². The van der Waals surface area contributed by atoms with E-state index in [-0.39, 0.29) is 17.7 Å². The SMILES string of the molecule is CCC1CN(C(=O)Nc2cccc(F)c2)CCC1=O. The fraction of sp³-hybridized carbons (Fsp3) is 0.429. The molecule has 2 amide bonds. The molecule has 1 aliphatic rings. The standard InChI is InChI=1S/C14H17FN2O2/c1-2-10-9-17(7-6-13(10)18)14(19)16-12-5-3-4-11(15)8-12/h3-5,8,10H,2,6-7,9H2,1H3,(H,16,19). The summed E-state index contributed by atoms with van der Waals surface area (Å²) >= 11 is 0. The summed E-state index contributed by atoms with van der Waals surface area (Å²) in [5.41, 5.74) is 0.426. The number of ketones is 1. The highest BCUT2D eigenvalue weighted by atomic mass is 19.1. The Morgan fingerprint density at radius 1 is 1.53 bits per heavy atom. The Kier molecular flexibility index (Phi) is 4.14. The number of halogens is 1. The molecule has 19 heavy (non-hydrogen) atoms. The van der Waals surface area contributed by atoms with Crippen molar-refractivity contribution in [3.63, 3.8) is 0 Å². The number of nitrogens with zero attached hydrogens (tertiary/aromatic N) is 1. The minimum Gasteiger partial charge on any atom is -0.323 e. The normalized spacial score (nSPS) is 19.4. The number of carbonyl (C=O) groups is 2. The van der Waals surface area contributed by atoms with E-state index in [9.17, 15) is 14.0 Å². The van der Waals surface area contributed by atoms with Crippen LogP contribution in [0.3, 0.4) is 0 Å². The molecule has 1 atom stereocenters. The number of amides is 2. The van der Waals surface area contributed by atoms with Crippen molar-refractivity contribution in [1.82, 2.24) is 4.90 Å². The minimum absolute atomic E-state index is 0.0768. The molecular formula is C14H17FN2O2. The molecular weight excluding hydrogens is 247 g/mol. The minimum atomic E-state index is -0.391. The third-order valence-corrected chi connectivity index (χ3v) is 3.38. The molecule has 1 aliphatic heterocycles. The van der Waals surface area contributed by atoms with Crippen LogP contribution in [-0.4, -0.2) is 29.8 Å². The maximum atomic E-state index is 13.0. The first-order chi connectivity index (χ1) is 9.10. The summed E-state index contributed by atoms with van der Waals surface area (Å²) in [5, 5.41) is 2.65. The number of Topliss-reactive ketones (excluding diaryl/α,β-unsaturated/α-hetero) is 1. The number of rotatable bonds is 2. The van der Waals surface area contributed by atoms with Crippen LogP contribution in [0.15, 0.2) is 24.3 Å². The van der Waals surface area contributed by atoms with Crippen LogP contribution in [0.4, 0.5) is 14.9 Å². The van der Waals surface area contributed by atoms with E-state index in [1.54, 1.807) is 17.0 Å². The molecule has 1 unspecified atom stereocenters. The van der Waals surface area contributed by atoms with Crippen molar-refractivity contribution < 1.29 is 14.0 Å². The second-order valence-corrected chi connectivity index (χ2v) is 4.71. The lowest BCUT2D eigenvalue weighted by Gasteiger charge is -2.31. The Hall–Kier alpha value is -1.91. The molecule has 2 rings (SSSR count). The molecule has 5 heteroatoms. The summed E-state index contributed by atoms with van der Waals surface area (Å²) in [6.45, 7) is 2.81. The van der Waals surface area contributed by atoms with Gasteiger partial charge in [0.15, 0.2) is 0 Å². The van der Waals surface area contributed by atoms with Crippen LogP contribution in [-0.2, 0) is 4.79 Å². The monoisotopic (exact) mass is 264 g/mol. The van der Waals surface area contributed by atoms with Gasteiger partial charge >= 0.3 is 6.03 Å². The van der Waals surface area contributed by atoms with Crippen LogP contribution < -0.4 is 5.32 Å². The highest BCUT2D eigenvalue weighted by molar-refractivity contribution is 5.91. The predicted molar refractivity (Wildman–Crippen MR) is 70.4 cm³/mol. The maximum absolute atomic E-state index is 13.0. The van der Waals surface area contributed by atoms with Crippen molar-refractivity contribution in [2.75, 3.05) is 18.4 Å². The Bertz CT molecular complexity index is 490.